The SMILES string of the molecule is CCOc1nc(Cl)nc(SC2COC2)n1. The normalized spacial score (nSPS) is 16.1. The van der Waals surface area contributed by atoms with E-state index in [0.29, 0.717) is 17.0 Å². The molecule has 1 aliphatic rings. The molecule has 1 fully saturated rings. The van der Waals surface area contributed by atoms with Gasteiger partial charge in [-0.3, -0.25) is 0 Å². The van der Waals surface area contributed by atoms with Crippen molar-refractivity contribution in [1.82, 2.24) is 15.0 Å². The lowest BCUT2D eigenvalue weighted by Crippen LogP contribution is -2.30. The lowest BCUT2D eigenvalue weighted by molar-refractivity contribution is 0.0454. The number of hydrogen-bond donors (Lipinski definition) is 0. The molecule has 0 aromatic carbocycles. The molecule has 2 heterocycles. The highest BCUT2D eigenvalue weighted by atomic mass is 35.5. The fraction of sp³-hybridized carbons (Fsp3) is 0.625. The molecule has 0 unspecified atom stereocenters. The molecule has 1 saturated heterocycles. The molecule has 2 rings (SSSR count). The van der Waals surface area contributed by atoms with E-state index in [1.807, 2.05) is 6.92 Å². The fourth-order valence-electron chi connectivity index (χ4n) is 0.992. The van der Waals surface area contributed by atoms with Crippen LogP contribution >= 0.6 is 23.4 Å². The van der Waals surface area contributed by atoms with Crippen LogP contribution in [-0.2, 0) is 4.74 Å². The Kier molecular flexibility index (Phi) is 3.61. The van der Waals surface area contributed by atoms with Gasteiger partial charge in [-0.05, 0) is 18.5 Å². The first kappa shape index (κ1) is 10.9. The van der Waals surface area contributed by atoms with Crippen molar-refractivity contribution in [1.29, 1.82) is 0 Å². The molecule has 5 nitrogen and oxygen atoms in total. The molecule has 7 heteroatoms. The van der Waals surface area contributed by atoms with Crippen LogP contribution < -0.4 is 4.74 Å². The second-order valence-electron chi connectivity index (χ2n) is 2.88. The number of hydrogen-bond acceptors (Lipinski definition) is 6. The maximum Gasteiger partial charge on any atom is 0.321 e. The van der Waals surface area contributed by atoms with Crippen molar-refractivity contribution in [2.24, 2.45) is 0 Å². The third-order valence-electron chi connectivity index (χ3n) is 1.72. The molecule has 15 heavy (non-hydrogen) atoms. The topological polar surface area (TPSA) is 57.1 Å². The number of ether oxygens (including phenoxy) is 2. The van der Waals surface area contributed by atoms with E-state index < -0.39 is 0 Å². The van der Waals surface area contributed by atoms with Crippen molar-refractivity contribution in [2.75, 3.05) is 19.8 Å². The van der Waals surface area contributed by atoms with Crippen LogP contribution in [0.4, 0.5) is 0 Å². The minimum Gasteiger partial charge on any atom is -0.464 e. The molecule has 82 valence electrons. The first-order valence-electron chi connectivity index (χ1n) is 4.56. The number of aromatic nitrogens is 3. The molecule has 0 atom stereocenters. The summed E-state index contributed by atoms with van der Waals surface area (Å²) in [7, 11) is 0. The Morgan fingerprint density at radius 3 is 2.87 bits per heavy atom. The molecule has 0 radical (unpaired) electrons. The largest absolute Gasteiger partial charge is 0.464 e. The van der Waals surface area contributed by atoms with Gasteiger partial charge >= 0.3 is 6.01 Å². The van der Waals surface area contributed by atoms with Crippen LogP contribution in [0.5, 0.6) is 6.01 Å². The Hall–Kier alpha value is -0.590. The van der Waals surface area contributed by atoms with Gasteiger partial charge in [0.25, 0.3) is 0 Å². The Morgan fingerprint density at radius 1 is 1.47 bits per heavy atom. The molecular formula is C8H10ClN3O2S. The first-order valence-corrected chi connectivity index (χ1v) is 5.82. The van der Waals surface area contributed by atoms with E-state index in [4.69, 9.17) is 21.1 Å². The van der Waals surface area contributed by atoms with Crippen molar-refractivity contribution >= 4 is 23.4 Å². The molecule has 1 aliphatic heterocycles. The molecule has 0 bridgehead atoms. The Bertz CT molecular complexity index is 349. The molecule has 0 N–H and O–H groups in total. The monoisotopic (exact) mass is 247 g/mol. The third-order valence-corrected chi connectivity index (χ3v) is 2.89. The van der Waals surface area contributed by atoms with Crippen LogP contribution in [0.3, 0.4) is 0 Å². The zero-order valence-corrected chi connectivity index (χ0v) is 9.72. The lowest BCUT2D eigenvalue weighted by Gasteiger charge is -2.24. The predicted octanol–water partition coefficient (Wildman–Crippen LogP) is 1.41. The fourth-order valence-corrected chi connectivity index (χ4v) is 2.09. The zero-order chi connectivity index (χ0) is 10.7. The summed E-state index contributed by atoms with van der Waals surface area (Å²) < 4.78 is 10.2. The third kappa shape index (κ3) is 2.93. The van der Waals surface area contributed by atoms with Gasteiger partial charge in [-0.1, -0.05) is 11.8 Å². The van der Waals surface area contributed by atoms with Crippen molar-refractivity contribution in [2.45, 2.75) is 17.3 Å². The maximum absolute atomic E-state index is 5.74. The quantitative estimate of drug-likeness (QED) is 0.802. The summed E-state index contributed by atoms with van der Waals surface area (Å²) in [6.07, 6.45) is 0. The average Bonchev–Trinajstić information content (AvgIpc) is 2.11. The summed E-state index contributed by atoms with van der Waals surface area (Å²) in [6.45, 7) is 3.84. The van der Waals surface area contributed by atoms with E-state index in [2.05, 4.69) is 15.0 Å². The van der Waals surface area contributed by atoms with E-state index in [0.717, 1.165) is 13.2 Å². The second-order valence-corrected chi connectivity index (χ2v) is 4.49. The van der Waals surface area contributed by atoms with Gasteiger partial charge in [0.1, 0.15) is 0 Å². The highest BCUT2D eigenvalue weighted by Gasteiger charge is 2.21. The molecule has 0 amide bonds. The lowest BCUT2D eigenvalue weighted by atomic mass is 10.4. The Morgan fingerprint density at radius 2 is 2.27 bits per heavy atom. The summed E-state index contributed by atoms with van der Waals surface area (Å²) in [6, 6.07) is 0.278. The number of rotatable bonds is 4. The Balaban J connectivity index is 2.07. The van der Waals surface area contributed by atoms with E-state index >= 15 is 0 Å². The van der Waals surface area contributed by atoms with Crippen LogP contribution in [0.25, 0.3) is 0 Å². The molecule has 1 aromatic heterocycles. The van der Waals surface area contributed by atoms with Gasteiger partial charge in [0.05, 0.1) is 25.1 Å². The summed E-state index contributed by atoms with van der Waals surface area (Å²) in [5.41, 5.74) is 0. The van der Waals surface area contributed by atoms with Gasteiger partial charge in [0, 0.05) is 0 Å². The molecule has 1 aromatic rings. The average molecular weight is 248 g/mol. The summed E-state index contributed by atoms with van der Waals surface area (Å²) in [5.74, 6) is 0. The molecule has 0 aliphatic carbocycles. The first-order chi connectivity index (χ1) is 7.28. The van der Waals surface area contributed by atoms with E-state index in [-0.39, 0.29) is 11.3 Å². The van der Waals surface area contributed by atoms with Crippen LogP contribution in [0.1, 0.15) is 6.92 Å². The van der Waals surface area contributed by atoms with Crippen LogP contribution in [0.2, 0.25) is 5.28 Å². The minimum atomic E-state index is 0.163. The van der Waals surface area contributed by atoms with Crippen LogP contribution in [0.15, 0.2) is 5.16 Å². The highest BCUT2D eigenvalue weighted by Crippen LogP contribution is 2.26. The second kappa shape index (κ2) is 4.96. The van der Waals surface area contributed by atoms with Gasteiger partial charge in [-0.25, -0.2) is 0 Å². The smallest absolute Gasteiger partial charge is 0.321 e. The predicted molar refractivity (Wildman–Crippen MR) is 56.5 cm³/mol. The zero-order valence-electron chi connectivity index (χ0n) is 8.14. The van der Waals surface area contributed by atoms with E-state index in [1.165, 1.54) is 11.8 Å². The van der Waals surface area contributed by atoms with Gasteiger partial charge in [-0.15, -0.1) is 0 Å². The molecular weight excluding hydrogens is 238 g/mol. The van der Waals surface area contributed by atoms with Gasteiger partial charge in [0.15, 0.2) is 5.16 Å². The molecule has 0 saturated carbocycles. The van der Waals surface area contributed by atoms with Crippen molar-refractivity contribution < 1.29 is 9.47 Å². The van der Waals surface area contributed by atoms with Gasteiger partial charge < -0.3 is 9.47 Å². The summed E-state index contributed by atoms with van der Waals surface area (Å²) >= 11 is 7.28. The van der Waals surface area contributed by atoms with Crippen LogP contribution in [-0.4, -0.2) is 40.0 Å². The standard InChI is InChI=1S/C8H10ClN3O2S/c1-2-14-7-10-6(9)11-8(12-7)15-5-3-13-4-5/h5H,2-4H2,1H3. The van der Waals surface area contributed by atoms with Crippen molar-refractivity contribution in [3.63, 3.8) is 0 Å². The number of nitrogens with zero attached hydrogens (tertiary/aromatic N) is 3. The maximum atomic E-state index is 5.74. The van der Waals surface area contributed by atoms with Gasteiger partial charge in [0.2, 0.25) is 5.28 Å². The number of halogens is 1. The minimum absolute atomic E-state index is 0.163. The van der Waals surface area contributed by atoms with Crippen molar-refractivity contribution in [3.05, 3.63) is 5.28 Å². The summed E-state index contributed by atoms with van der Waals surface area (Å²) in [4.78, 5) is 12.0. The Labute approximate surface area is 96.6 Å². The van der Waals surface area contributed by atoms with Crippen molar-refractivity contribution in [3.8, 4) is 6.01 Å². The van der Waals surface area contributed by atoms with Gasteiger partial charge in [-0.2, -0.15) is 15.0 Å². The highest BCUT2D eigenvalue weighted by molar-refractivity contribution is 7.99. The number of thioether (sulfide) groups is 1. The summed E-state index contributed by atoms with van der Waals surface area (Å²) in [5, 5.41) is 1.17. The van der Waals surface area contributed by atoms with E-state index in [9.17, 15) is 0 Å². The molecule has 0 spiro atoms. The van der Waals surface area contributed by atoms with E-state index in [1.54, 1.807) is 0 Å². The van der Waals surface area contributed by atoms with Crippen LogP contribution in [0, 0.1) is 0 Å².